The first kappa shape index (κ1) is 11.8. The number of hydrogen-bond donors (Lipinski definition) is 1. The number of carboxylic acid groups (broad SMARTS) is 1. The molecule has 0 saturated carbocycles. The molecule has 0 fully saturated rings. The number of carboxylic acids is 1. The number of unbranched alkanes of at least 4 members (excludes halogenated alkanes) is 1. The molecule has 12 heavy (non-hydrogen) atoms. The summed E-state index contributed by atoms with van der Waals surface area (Å²) in [6, 6.07) is 0. The molecule has 1 N–H and O–H groups in total. The van der Waals surface area contributed by atoms with Crippen LogP contribution in [0.25, 0.3) is 0 Å². The summed E-state index contributed by atoms with van der Waals surface area (Å²) in [7, 11) is 0. The summed E-state index contributed by atoms with van der Waals surface area (Å²) in [6.07, 6.45) is 2.54. The quantitative estimate of drug-likeness (QED) is 0.757. The highest BCUT2D eigenvalue weighted by Gasteiger charge is 2.07. The van der Waals surface area contributed by atoms with Crippen LogP contribution in [0, 0.1) is 0 Å². The third-order valence-electron chi connectivity index (χ3n) is 1.46. The molecule has 0 unspecified atom stereocenters. The van der Waals surface area contributed by atoms with Crippen molar-refractivity contribution in [1.82, 2.24) is 0 Å². The summed E-state index contributed by atoms with van der Waals surface area (Å²) in [5, 5.41) is 8.48. The van der Waals surface area contributed by atoms with Crippen LogP contribution >= 0.6 is 23.2 Å². The lowest BCUT2D eigenvalue weighted by atomic mass is 10.1. The van der Waals surface area contributed by atoms with E-state index >= 15 is 0 Å². The minimum Gasteiger partial charge on any atom is -0.481 e. The molecule has 4 heteroatoms. The maximum Gasteiger partial charge on any atom is 0.307 e. The normalized spacial score (nSPS) is 9.58. The van der Waals surface area contributed by atoms with Crippen molar-refractivity contribution in [2.45, 2.75) is 32.6 Å². The maximum absolute atomic E-state index is 10.3. The van der Waals surface area contributed by atoms with E-state index in [0.717, 1.165) is 12.8 Å². The van der Waals surface area contributed by atoms with Gasteiger partial charge < -0.3 is 5.11 Å². The van der Waals surface area contributed by atoms with Crippen LogP contribution in [-0.2, 0) is 4.79 Å². The average Bonchev–Trinajstić information content (AvgIpc) is 1.96. The fourth-order valence-corrected chi connectivity index (χ4v) is 1.15. The van der Waals surface area contributed by atoms with Gasteiger partial charge in [-0.1, -0.05) is 36.5 Å². The van der Waals surface area contributed by atoms with E-state index in [-0.39, 0.29) is 10.9 Å². The molecule has 2 nitrogen and oxygen atoms in total. The van der Waals surface area contributed by atoms with Crippen molar-refractivity contribution in [2.24, 2.45) is 0 Å². The SMILES string of the molecule is CCCCC(CC(=O)O)=C(Cl)Cl. The van der Waals surface area contributed by atoms with Crippen molar-refractivity contribution >= 4 is 29.2 Å². The summed E-state index contributed by atoms with van der Waals surface area (Å²) in [4.78, 5) is 10.3. The predicted molar refractivity (Wildman–Crippen MR) is 50.5 cm³/mol. The molecular formula is C8H12Cl2O2. The summed E-state index contributed by atoms with van der Waals surface area (Å²) >= 11 is 11.0. The van der Waals surface area contributed by atoms with Gasteiger partial charge in [0.05, 0.1) is 6.42 Å². The number of aliphatic carboxylic acids is 1. The molecule has 70 valence electrons. The summed E-state index contributed by atoms with van der Waals surface area (Å²) in [6.45, 7) is 2.03. The Morgan fingerprint density at radius 2 is 2.00 bits per heavy atom. The third kappa shape index (κ3) is 5.44. The van der Waals surface area contributed by atoms with Crippen molar-refractivity contribution in [3.8, 4) is 0 Å². The van der Waals surface area contributed by atoms with E-state index in [4.69, 9.17) is 28.3 Å². The lowest BCUT2D eigenvalue weighted by Crippen LogP contribution is -1.98. The lowest BCUT2D eigenvalue weighted by molar-refractivity contribution is -0.136. The van der Waals surface area contributed by atoms with Gasteiger partial charge in [0.25, 0.3) is 0 Å². The summed E-state index contributed by atoms with van der Waals surface area (Å²) in [5.74, 6) is -0.889. The Bertz CT molecular complexity index is 183. The second kappa shape index (κ2) is 6.32. The second-order valence-corrected chi connectivity index (χ2v) is 3.49. The molecular weight excluding hydrogens is 199 g/mol. The van der Waals surface area contributed by atoms with Gasteiger partial charge in [-0.3, -0.25) is 4.79 Å². The zero-order valence-corrected chi connectivity index (χ0v) is 8.45. The van der Waals surface area contributed by atoms with Crippen molar-refractivity contribution in [1.29, 1.82) is 0 Å². The fourth-order valence-electron chi connectivity index (χ4n) is 0.822. The molecule has 0 heterocycles. The maximum atomic E-state index is 10.3. The minimum atomic E-state index is -0.889. The first-order valence-electron chi connectivity index (χ1n) is 3.82. The summed E-state index contributed by atoms with van der Waals surface area (Å²) in [5.41, 5.74) is 0.618. The van der Waals surface area contributed by atoms with Crippen molar-refractivity contribution in [3.05, 3.63) is 10.1 Å². The van der Waals surface area contributed by atoms with E-state index < -0.39 is 5.97 Å². The minimum absolute atomic E-state index is 0.0532. The Morgan fingerprint density at radius 1 is 1.42 bits per heavy atom. The third-order valence-corrected chi connectivity index (χ3v) is 2.00. The van der Waals surface area contributed by atoms with Crippen LogP contribution in [0.4, 0.5) is 0 Å². The molecule has 0 aromatic heterocycles. The predicted octanol–water partition coefficient (Wildman–Crippen LogP) is 3.34. The second-order valence-electron chi connectivity index (χ2n) is 2.54. The van der Waals surface area contributed by atoms with Gasteiger partial charge >= 0.3 is 5.97 Å². The Morgan fingerprint density at radius 3 is 2.33 bits per heavy atom. The van der Waals surface area contributed by atoms with Gasteiger partial charge in [-0.05, 0) is 18.4 Å². The van der Waals surface area contributed by atoms with Crippen LogP contribution in [-0.4, -0.2) is 11.1 Å². The molecule has 0 amide bonds. The van der Waals surface area contributed by atoms with Crippen LogP contribution in [0.2, 0.25) is 0 Å². The van der Waals surface area contributed by atoms with Crippen LogP contribution in [0.15, 0.2) is 10.1 Å². The molecule has 0 radical (unpaired) electrons. The van der Waals surface area contributed by atoms with Gasteiger partial charge in [-0.15, -0.1) is 0 Å². The van der Waals surface area contributed by atoms with Gasteiger partial charge in [0, 0.05) is 0 Å². The van der Waals surface area contributed by atoms with Crippen molar-refractivity contribution < 1.29 is 9.90 Å². The van der Waals surface area contributed by atoms with E-state index in [1.807, 2.05) is 6.92 Å². The van der Waals surface area contributed by atoms with Gasteiger partial charge in [0.1, 0.15) is 4.49 Å². The van der Waals surface area contributed by atoms with Crippen molar-refractivity contribution in [3.63, 3.8) is 0 Å². The van der Waals surface area contributed by atoms with E-state index in [0.29, 0.717) is 12.0 Å². The van der Waals surface area contributed by atoms with E-state index in [1.165, 1.54) is 0 Å². The first-order chi connectivity index (χ1) is 5.57. The molecule has 0 aliphatic heterocycles. The molecule has 0 atom stereocenters. The Hall–Kier alpha value is -0.210. The monoisotopic (exact) mass is 210 g/mol. The highest BCUT2D eigenvalue weighted by Crippen LogP contribution is 2.22. The van der Waals surface area contributed by atoms with Gasteiger partial charge in [0.15, 0.2) is 0 Å². The zero-order chi connectivity index (χ0) is 9.56. The molecule has 0 aromatic carbocycles. The zero-order valence-electron chi connectivity index (χ0n) is 6.94. The molecule has 0 saturated heterocycles. The molecule has 0 aromatic rings. The van der Waals surface area contributed by atoms with Crippen LogP contribution in [0.3, 0.4) is 0 Å². The molecule has 0 spiro atoms. The molecule has 0 aliphatic carbocycles. The topological polar surface area (TPSA) is 37.3 Å². The number of carbonyl (C=O) groups is 1. The highest BCUT2D eigenvalue weighted by molar-refractivity contribution is 6.56. The fraction of sp³-hybridized carbons (Fsp3) is 0.625. The Balaban J connectivity index is 4.07. The molecule has 0 rings (SSSR count). The van der Waals surface area contributed by atoms with E-state index in [1.54, 1.807) is 0 Å². The average molecular weight is 211 g/mol. The van der Waals surface area contributed by atoms with Crippen molar-refractivity contribution in [2.75, 3.05) is 0 Å². The molecule has 0 aliphatic rings. The Labute approximate surface area is 82.2 Å². The highest BCUT2D eigenvalue weighted by atomic mass is 35.5. The van der Waals surface area contributed by atoms with Gasteiger partial charge in [-0.2, -0.15) is 0 Å². The van der Waals surface area contributed by atoms with E-state index in [2.05, 4.69) is 0 Å². The number of rotatable bonds is 5. The lowest BCUT2D eigenvalue weighted by Gasteiger charge is -2.02. The van der Waals surface area contributed by atoms with Gasteiger partial charge in [-0.25, -0.2) is 0 Å². The van der Waals surface area contributed by atoms with E-state index in [9.17, 15) is 4.79 Å². The van der Waals surface area contributed by atoms with Crippen LogP contribution in [0.1, 0.15) is 32.6 Å². The standard InChI is InChI=1S/C8H12Cl2O2/c1-2-3-4-6(8(9)10)5-7(11)12/h2-5H2,1H3,(H,11,12). The van der Waals surface area contributed by atoms with Crippen LogP contribution in [0.5, 0.6) is 0 Å². The Kier molecular flexibility index (Phi) is 6.21. The molecule has 0 bridgehead atoms. The van der Waals surface area contributed by atoms with Gasteiger partial charge in [0.2, 0.25) is 0 Å². The van der Waals surface area contributed by atoms with Crippen LogP contribution < -0.4 is 0 Å². The number of hydrogen-bond acceptors (Lipinski definition) is 1. The summed E-state index contributed by atoms with van der Waals surface area (Å²) < 4.78 is 0.103. The largest absolute Gasteiger partial charge is 0.481 e. The smallest absolute Gasteiger partial charge is 0.307 e. The first-order valence-corrected chi connectivity index (χ1v) is 4.58. The number of halogens is 2.